The maximum absolute atomic E-state index is 14.1. The highest BCUT2D eigenvalue weighted by atomic mass is 32.2. The van der Waals surface area contributed by atoms with Crippen LogP contribution in [-0.4, -0.2) is 41.7 Å². The standard InChI is InChI=1S/C23H24F3N5O4S/c1-36(33,34)16-10-13(24)7-8-14(16)27-15-11-17(29-23(32)12-5-6-12)28-21-19(15)30-22(20(25)26)31(21)18-4-2-3-9-35-18/h7-8,10-12,18,20H,2-6,9H2,1H3,(H2,27,28,29,32). The first kappa shape index (κ1) is 24.5. The minimum atomic E-state index is -3.85. The minimum Gasteiger partial charge on any atom is -0.358 e. The van der Waals surface area contributed by atoms with Crippen molar-refractivity contribution in [3.63, 3.8) is 0 Å². The van der Waals surface area contributed by atoms with E-state index < -0.39 is 34.1 Å². The zero-order chi connectivity index (χ0) is 25.6. The first-order chi connectivity index (χ1) is 17.1. The molecule has 3 aromatic rings. The Bertz CT molecular complexity index is 1430. The molecule has 36 heavy (non-hydrogen) atoms. The van der Waals surface area contributed by atoms with Gasteiger partial charge in [-0.05, 0) is 50.3 Å². The number of nitrogens with zero attached hydrogens (tertiary/aromatic N) is 3. The summed E-state index contributed by atoms with van der Waals surface area (Å²) in [5, 5.41) is 5.60. The Balaban J connectivity index is 1.68. The lowest BCUT2D eigenvalue weighted by atomic mass is 10.2. The van der Waals surface area contributed by atoms with Crippen LogP contribution in [0, 0.1) is 11.7 Å². The van der Waals surface area contributed by atoms with Crippen LogP contribution < -0.4 is 10.6 Å². The largest absolute Gasteiger partial charge is 0.358 e. The maximum Gasteiger partial charge on any atom is 0.295 e. The number of hydrogen-bond donors (Lipinski definition) is 2. The molecule has 192 valence electrons. The van der Waals surface area contributed by atoms with Crippen LogP contribution >= 0.6 is 0 Å². The van der Waals surface area contributed by atoms with Crippen LogP contribution in [0.4, 0.5) is 30.4 Å². The summed E-state index contributed by atoms with van der Waals surface area (Å²) in [5.74, 6) is -1.61. The van der Waals surface area contributed by atoms with Gasteiger partial charge in [0.25, 0.3) is 6.43 Å². The Morgan fingerprint density at radius 3 is 2.56 bits per heavy atom. The third kappa shape index (κ3) is 4.89. The number of halogens is 3. The SMILES string of the molecule is CS(=O)(=O)c1cc(F)ccc1Nc1cc(NC(=O)C2CC2)nc2c1nc(C(F)F)n2C1CCCCO1. The van der Waals surface area contributed by atoms with Crippen LogP contribution in [0.2, 0.25) is 0 Å². The number of carbonyl (C=O) groups excluding carboxylic acids is 1. The highest BCUT2D eigenvalue weighted by Gasteiger charge is 2.32. The summed E-state index contributed by atoms with van der Waals surface area (Å²) in [4.78, 5) is 20.7. The van der Waals surface area contributed by atoms with Gasteiger partial charge in [0.15, 0.2) is 21.3 Å². The summed E-state index contributed by atoms with van der Waals surface area (Å²) in [6, 6.07) is 4.57. The van der Waals surface area contributed by atoms with Crippen molar-refractivity contribution >= 4 is 44.1 Å². The molecule has 1 atom stereocenters. The smallest absolute Gasteiger partial charge is 0.295 e. The molecule has 1 aromatic carbocycles. The third-order valence-corrected chi connectivity index (χ3v) is 7.26. The van der Waals surface area contributed by atoms with Crippen LogP contribution in [0.1, 0.15) is 50.6 Å². The molecule has 2 aliphatic rings. The molecule has 0 spiro atoms. The number of alkyl halides is 2. The molecule has 5 rings (SSSR count). The molecule has 0 bridgehead atoms. The van der Waals surface area contributed by atoms with Gasteiger partial charge in [-0.15, -0.1) is 0 Å². The number of rotatable bonds is 7. The number of ether oxygens (including phenoxy) is 1. The van der Waals surface area contributed by atoms with Crippen molar-refractivity contribution in [1.29, 1.82) is 0 Å². The number of imidazole rings is 1. The number of nitrogens with one attached hydrogen (secondary N) is 2. The molecule has 0 radical (unpaired) electrons. The summed E-state index contributed by atoms with van der Waals surface area (Å²) in [7, 11) is -3.85. The lowest BCUT2D eigenvalue weighted by Gasteiger charge is -2.25. The molecule has 1 aliphatic carbocycles. The normalized spacial score (nSPS) is 18.5. The molecular formula is C23H24F3N5O4S. The Morgan fingerprint density at radius 2 is 1.92 bits per heavy atom. The summed E-state index contributed by atoms with van der Waals surface area (Å²) in [6.07, 6.45) is 0.800. The molecule has 2 N–H and O–H groups in total. The number of amides is 1. The second kappa shape index (κ2) is 9.36. The fourth-order valence-corrected chi connectivity index (χ4v) is 5.07. The second-order valence-corrected chi connectivity index (χ2v) is 11.0. The van der Waals surface area contributed by atoms with Gasteiger partial charge in [-0.3, -0.25) is 9.36 Å². The van der Waals surface area contributed by atoms with E-state index in [-0.39, 0.29) is 45.1 Å². The average Bonchev–Trinajstić information content (AvgIpc) is 3.60. The van der Waals surface area contributed by atoms with Gasteiger partial charge in [-0.2, -0.15) is 0 Å². The number of pyridine rings is 1. The highest BCUT2D eigenvalue weighted by Crippen LogP contribution is 2.38. The van der Waals surface area contributed by atoms with Crippen molar-refractivity contribution in [3.05, 3.63) is 35.9 Å². The Labute approximate surface area is 205 Å². The fraction of sp³-hybridized carbons (Fsp3) is 0.435. The van der Waals surface area contributed by atoms with Crippen molar-refractivity contribution in [1.82, 2.24) is 14.5 Å². The minimum absolute atomic E-state index is 0.0212. The quantitative estimate of drug-likeness (QED) is 0.461. The molecule has 9 nitrogen and oxygen atoms in total. The van der Waals surface area contributed by atoms with E-state index in [9.17, 15) is 26.4 Å². The van der Waals surface area contributed by atoms with Crippen LogP contribution in [0.25, 0.3) is 11.2 Å². The van der Waals surface area contributed by atoms with E-state index in [0.717, 1.165) is 44.1 Å². The summed E-state index contributed by atoms with van der Waals surface area (Å²) in [6.45, 7) is 0.392. The summed E-state index contributed by atoms with van der Waals surface area (Å²) < 4.78 is 73.6. The first-order valence-corrected chi connectivity index (χ1v) is 13.4. The number of sulfone groups is 1. The van der Waals surface area contributed by atoms with Gasteiger partial charge in [0.2, 0.25) is 5.91 Å². The van der Waals surface area contributed by atoms with Gasteiger partial charge in [-0.1, -0.05) is 0 Å². The summed E-state index contributed by atoms with van der Waals surface area (Å²) in [5.41, 5.74) is 0.232. The van der Waals surface area contributed by atoms with Crippen LogP contribution in [0.5, 0.6) is 0 Å². The average molecular weight is 524 g/mol. The van der Waals surface area contributed by atoms with Gasteiger partial charge >= 0.3 is 0 Å². The number of hydrogen-bond acceptors (Lipinski definition) is 7. The molecule has 2 fully saturated rings. The summed E-state index contributed by atoms with van der Waals surface area (Å²) >= 11 is 0. The Hall–Kier alpha value is -3.19. The molecule has 1 amide bonds. The van der Waals surface area contributed by atoms with Crippen LogP contribution in [0.15, 0.2) is 29.2 Å². The molecule has 1 saturated carbocycles. The van der Waals surface area contributed by atoms with Gasteiger partial charge in [-0.25, -0.2) is 31.6 Å². The zero-order valence-electron chi connectivity index (χ0n) is 19.3. The number of aromatic nitrogens is 3. The molecule has 2 aromatic heterocycles. The van der Waals surface area contributed by atoms with E-state index in [4.69, 9.17) is 4.74 Å². The molecule has 13 heteroatoms. The maximum atomic E-state index is 14.1. The van der Waals surface area contributed by atoms with Gasteiger partial charge < -0.3 is 15.4 Å². The Kier molecular flexibility index (Phi) is 6.37. The van der Waals surface area contributed by atoms with Crippen molar-refractivity contribution in [2.45, 2.75) is 49.7 Å². The van der Waals surface area contributed by atoms with Gasteiger partial charge in [0.1, 0.15) is 23.4 Å². The van der Waals surface area contributed by atoms with Gasteiger partial charge in [0, 0.05) is 24.8 Å². The number of fused-ring (bicyclic) bond motifs is 1. The first-order valence-electron chi connectivity index (χ1n) is 11.5. The molecular weight excluding hydrogens is 499 g/mol. The number of carbonyl (C=O) groups is 1. The monoisotopic (exact) mass is 523 g/mol. The lowest BCUT2D eigenvalue weighted by Crippen LogP contribution is -2.21. The predicted octanol–water partition coefficient (Wildman–Crippen LogP) is 4.70. The number of anilines is 3. The second-order valence-electron chi connectivity index (χ2n) is 8.99. The topological polar surface area (TPSA) is 115 Å². The third-order valence-electron chi connectivity index (χ3n) is 6.13. The molecule has 1 unspecified atom stereocenters. The van der Waals surface area contributed by atoms with Crippen LogP contribution in [0.3, 0.4) is 0 Å². The zero-order valence-corrected chi connectivity index (χ0v) is 20.1. The van der Waals surface area contributed by atoms with Crippen molar-refractivity contribution in [2.24, 2.45) is 5.92 Å². The van der Waals surface area contributed by atoms with Crippen molar-refractivity contribution in [2.75, 3.05) is 23.5 Å². The molecule has 1 aliphatic heterocycles. The van der Waals surface area contributed by atoms with Crippen molar-refractivity contribution in [3.8, 4) is 0 Å². The fourth-order valence-electron chi connectivity index (χ4n) is 4.23. The predicted molar refractivity (Wildman–Crippen MR) is 125 cm³/mol. The Morgan fingerprint density at radius 1 is 1.14 bits per heavy atom. The molecule has 3 heterocycles. The lowest BCUT2D eigenvalue weighted by molar-refractivity contribution is -0.117. The van der Waals surface area contributed by atoms with E-state index >= 15 is 0 Å². The van der Waals surface area contributed by atoms with E-state index in [1.54, 1.807) is 0 Å². The van der Waals surface area contributed by atoms with Crippen molar-refractivity contribution < 1.29 is 31.1 Å². The highest BCUT2D eigenvalue weighted by molar-refractivity contribution is 7.90. The van der Waals surface area contributed by atoms with E-state index in [1.807, 2.05) is 0 Å². The van der Waals surface area contributed by atoms with Crippen LogP contribution in [-0.2, 0) is 19.4 Å². The number of benzene rings is 1. The van der Waals surface area contributed by atoms with E-state index in [1.165, 1.54) is 16.7 Å². The van der Waals surface area contributed by atoms with Gasteiger partial charge in [0.05, 0.1) is 16.3 Å². The molecule has 1 saturated heterocycles. The van der Waals surface area contributed by atoms with E-state index in [2.05, 4.69) is 20.6 Å². The van der Waals surface area contributed by atoms with E-state index in [0.29, 0.717) is 13.0 Å².